The summed E-state index contributed by atoms with van der Waals surface area (Å²) in [6, 6.07) is -0.00838. The minimum atomic E-state index is -3.38. The first-order chi connectivity index (χ1) is 8.47. The van der Waals surface area contributed by atoms with Crippen LogP contribution in [0.5, 0.6) is 0 Å². The van der Waals surface area contributed by atoms with Gasteiger partial charge in [0.2, 0.25) is 10.0 Å². The standard InChI is InChI=1S/C11H22N2O4S/c1-3-17-11(14)6-8-18(15,16)13(2)10-5-4-7-12-9-10/h10,12H,3-9H2,1-2H3. The van der Waals surface area contributed by atoms with Crippen LogP contribution < -0.4 is 5.32 Å². The predicted molar refractivity (Wildman–Crippen MR) is 68.7 cm³/mol. The summed E-state index contributed by atoms with van der Waals surface area (Å²) < 4.78 is 30.2. The first-order valence-corrected chi connectivity index (χ1v) is 7.90. The van der Waals surface area contributed by atoms with Crippen LogP contribution in [0.15, 0.2) is 0 Å². The molecule has 6 nitrogen and oxygen atoms in total. The number of hydrogen-bond donors (Lipinski definition) is 1. The summed E-state index contributed by atoms with van der Waals surface area (Å²) in [4.78, 5) is 11.2. The molecule has 1 atom stereocenters. The second-order valence-electron chi connectivity index (χ2n) is 4.39. The van der Waals surface area contributed by atoms with Gasteiger partial charge in [0, 0.05) is 19.6 Å². The molecule has 1 N–H and O–H groups in total. The molecule has 1 aliphatic heterocycles. The van der Waals surface area contributed by atoms with Crippen molar-refractivity contribution >= 4 is 16.0 Å². The number of nitrogens with zero attached hydrogens (tertiary/aromatic N) is 1. The highest BCUT2D eigenvalue weighted by molar-refractivity contribution is 7.89. The predicted octanol–water partition coefficient (Wildman–Crippen LogP) is -0.0468. The quantitative estimate of drug-likeness (QED) is 0.690. The Bertz CT molecular complexity index is 363. The summed E-state index contributed by atoms with van der Waals surface area (Å²) in [5.74, 6) is -0.644. The zero-order chi connectivity index (χ0) is 13.6. The molecular weight excluding hydrogens is 256 g/mol. The lowest BCUT2D eigenvalue weighted by Gasteiger charge is -2.30. The Morgan fingerprint density at radius 1 is 1.50 bits per heavy atom. The normalized spacial score (nSPS) is 20.9. The van der Waals surface area contributed by atoms with E-state index in [-0.39, 0.29) is 24.8 Å². The van der Waals surface area contributed by atoms with Crippen molar-refractivity contribution in [3.63, 3.8) is 0 Å². The molecule has 1 saturated heterocycles. The minimum absolute atomic E-state index is 0.00838. The molecule has 0 amide bonds. The molecule has 1 aliphatic rings. The van der Waals surface area contributed by atoms with Crippen molar-refractivity contribution in [2.75, 3.05) is 32.5 Å². The van der Waals surface area contributed by atoms with Crippen LogP contribution in [-0.2, 0) is 19.6 Å². The molecule has 0 aromatic heterocycles. The van der Waals surface area contributed by atoms with Gasteiger partial charge in [-0.15, -0.1) is 0 Å². The van der Waals surface area contributed by atoms with Gasteiger partial charge in [0.05, 0.1) is 18.8 Å². The maximum atomic E-state index is 12.0. The summed E-state index contributed by atoms with van der Waals surface area (Å²) in [5.41, 5.74) is 0. The second kappa shape index (κ2) is 7.06. The Morgan fingerprint density at radius 2 is 2.22 bits per heavy atom. The molecule has 18 heavy (non-hydrogen) atoms. The Balaban J connectivity index is 2.48. The van der Waals surface area contributed by atoms with E-state index in [0.717, 1.165) is 19.4 Å². The van der Waals surface area contributed by atoms with Crippen molar-refractivity contribution in [3.8, 4) is 0 Å². The second-order valence-corrected chi connectivity index (χ2v) is 6.54. The SMILES string of the molecule is CCOC(=O)CCS(=O)(=O)N(C)C1CCCNC1. The van der Waals surface area contributed by atoms with Crippen LogP contribution in [-0.4, -0.2) is 57.2 Å². The van der Waals surface area contributed by atoms with E-state index in [0.29, 0.717) is 6.54 Å². The Morgan fingerprint density at radius 3 is 2.78 bits per heavy atom. The minimum Gasteiger partial charge on any atom is -0.466 e. The smallest absolute Gasteiger partial charge is 0.306 e. The Labute approximate surface area is 109 Å². The highest BCUT2D eigenvalue weighted by atomic mass is 32.2. The number of carbonyl (C=O) groups is 1. The highest BCUT2D eigenvalue weighted by Crippen LogP contribution is 2.13. The zero-order valence-corrected chi connectivity index (χ0v) is 11.8. The first-order valence-electron chi connectivity index (χ1n) is 6.29. The number of esters is 1. The maximum Gasteiger partial charge on any atom is 0.306 e. The van der Waals surface area contributed by atoms with Crippen LogP contribution in [0.25, 0.3) is 0 Å². The molecule has 0 aromatic rings. The summed E-state index contributed by atoms with van der Waals surface area (Å²) >= 11 is 0. The van der Waals surface area contributed by atoms with E-state index >= 15 is 0 Å². The summed E-state index contributed by atoms with van der Waals surface area (Å²) in [5, 5.41) is 3.18. The first kappa shape index (κ1) is 15.4. The van der Waals surface area contributed by atoms with Crippen LogP contribution in [0.4, 0.5) is 0 Å². The molecule has 0 bridgehead atoms. The van der Waals surface area contributed by atoms with Gasteiger partial charge in [0.15, 0.2) is 0 Å². The van der Waals surface area contributed by atoms with Crippen molar-refractivity contribution in [2.24, 2.45) is 0 Å². The molecule has 0 aromatic carbocycles. The highest BCUT2D eigenvalue weighted by Gasteiger charge is 2.27. The van der Waals surface area contributed by atoms with Gasteiger partial charge in [-0.2, -0.15) is 0 Å². The fraction of sp³-hybridized carbons (Fsp3) is 0.909. The lowest BCUT2D eigenvalue weighted by Crippen LogP contribution is -2.47. The molecule has 0 aliphatic carbocycles. The van der Waals surface area contributed by atoms with Crippen LogP contribution in [0.3, 0.4) is 0 Å². The van der Waals surface area contributed by atoms with E-state index in [4.69, 9.17) is 4.74 Å². The molecule has 1 unspecified atom stereocenters. The van der Waals surface area contributed by atoms with Crippen LogP contribution in [0, 0.1) is 0 Å². The molecular formula is C11H22N2O4S. The van der Waals surface area contributed by atoms with Crippen LogP contribution in [0.1, 0.15) is 26.2 Å². The molecule has 106 valence electrons. The van der Waals surface area contributed by atoms with Crippen molar-refractivity contribution in [1.82, 2.24) is 9.62 Å². The number of carbonyl (C=O) groups excluding carboxylic acids is 1. The molecule has 1 heterocycles. The fourth-order valence-electron chi connectivity index (χ4n) is 1.96. The lowest BCUT2D eigenvalue weighted by atomic mass is 10.1. The third-order valence-corrected chi connectivity index (χ3v) is 4.99. The van der Waals surface area contributed by atoms with Gasteiger partial charge in [-0.25, -0.2) is 12.7 Å². The van der Waals surface area contributed by atoms with E-state index in [1.807, 2.05) is 0 Å². The Hall–Kier alpha value is -0.660. The molecule has 0 saturated carbocycles. The van der Waals surface area contributed by atoms with E-state index in [1.54, 1.807) is 14.0 Å². The van der Waals surface area contributed by atoms with Gasteiger partial charge in [-0.05, 0) is 26.3 Å². The van der Waals surface area contributed by atoms with Gasteiger partial charge in [-0.3, -0.25) is 4.79 Å². The van der Waals surface area contributed by atoms with Crippen molar-refractivity contribution in [2.45, 2.75) is 32.2 Å². The number of sulfonamides is 1. The van der Waals surface area contributed by atoms with Crippen molar-refractivity contribution in [3.05, 3.63) is 0 Å². The Kier molecular flexibility index (Phi) is 6.04. The number of nitrogens with one attached hydrogen (secondary N) is 1. The summed E-state index contributed by atoms with van der Waals surface area (Å²) in [6.07, 6.45) is 1.76. The third kappa shape index (κ3) is 4.55. The third-order valence-electron chi connectivity index (χ3n) is 3.09. The fourth-order valence-corrected chi connectivity index (χ4v) is 3.31. The zero-order valence-electron chi connectivity index (χ0n) is 11.0. The summed E-state index contributed by atoms with van der Waals surface area (Å²) in [6.45, 7) is 3.59. The average molecular weight is 278 g/mol. The maximum absolute atomic E-state index is 12.0. The van der Waals surface area contributed by atoms with Crippen LogP contribution >= 0.6 is 0 Å². The van der Waals surface area contributed by atoms with Gasteiger partial charge < -0.3 is 10.1 Å². The number of piperidine rings is 1. The van der Waals surface area contributed by atoms with Gasteiger partial charge in [0.1, 0.15) is 0 Å². The number of hydrogen-bond acceptors (Lipinski definition) is 5. The molecule has 1 fully saturated rings. The van der Waals surface area contributed by atoms with Crippen molar-refractivity contribution < 1.29 is 17.9 Å². The van der Waals surface area contributed by atoms with E-state index in [1.165, 1.54) is 4.31 Å². The number of ether oxygens (including phenoxy) is 1. The van der Waals surface area contributed by atoms with E-state index in [9.17, 15) is 13.2 Å². The molecule has 0 spiro atoms. The molecule has 1 rings (SSSR count). The summed E-state index contributed by atoms with van der Waals surface area (Å²) in [7, 11) is -1.80. The number of likely N-dealkylation sites (N-methyl/N-ethyl adjacent to an activating group) is 1. The largest absolute Gasteiger partial charge is 0.466 e. The van der Waals surface area contributed by atoms with Gasteiger partial charge in [0.25, 0.3) is 0 Å². The monoisotopic (exact) mass is 278 g/mol. The van der Waals surface area contributed by atoms with Gasteiger partial charge in [-0.1, -0.05) is 0 Å². The van der Waals surface area contributed by atoms with Crippen molar-refractivity contribution in [1.29, 1.82) is 0 Å². The topological polar surface area (TPSA) is 75.7 Å². The molecule has 0 radical (unpaired) electrons. The van der Waals surface area contributed by atoms with Crippen LogP contribution in [0.2, 0.25) is 0 Å². The van der Waals surface area contributed by atoms with E-state index < -0.39 is 16.0 Å². The molecule has 7 heteroatoms. The van der Waals surface area contributed by atoms with Gasteiger partial charge >= 0.3 is 5.97 Å². The lowest BCUT2D eigenvalue weighted by molar-refractivity contribution is -0.142. The number of rotatable bonds is 6. The average Bonchev–Trinajstić information content (AvgIpc) is 2.37. The van der Waals surface area contributed by atoms with E-state index in [2.05, 4.69) is 5.32 Å².